The summed E-state index contributed by atoms with van der Waals surface area (Å²) in [6.45, 7) is 4.43. The zero-order chi connectivity index (χ0) is 40.0. The summed E-state index contributed by atoms with van der Waals surface area (Å²) in [6, 6.07) is -0.934. The third kappa shape index (κ3) is 38.0. The van der Waals surface area contributed by atoms with Gasteiger partial charge in [-0.2, -0.15) is 0 Å². The molecule has 1 amide bonds. The van der Waals surface area contributed by atoms with Gasteiger partial charge in [0, 0.05) is 6.42 Å². The Balaban J connectivity index is 4.66. The molecule has 2 N–H and O–H groups in total. The van der Waals surface area contributed by atoms with Gasteiger partial charge >= 0.3 is 0 Å². The van der Waals surface area contributed by atoms with E-state index in [2.05, 4.69) is 92.1 Å². The molecular weight excluding hydrogens is 695 g/mol. The molecule has 0 aliphatic carbocycles. The molecule has 310 valence electrons. The maximum absolute atomic E-state index is 12.8. The van der Waals surface area contributed by atoms with Gasteiger partial charge < -0.3 is 28.8 Å². The first-order chi connectivity index (χ1) is 26.0. The van der Waals surface area contributed by atoms with Gasteiger partial charge in [-0.25, -0.2) is 0 Å². The van der Waals surface area contributed by atoms with E-state index < -0.39 is 26.6 Å². The summed E-state index contributed by atoms with van der Waals surface area (Å²) in [4.78, 5) is 25.2. The SMILES string of the molecule is CC/C=C\C/C=C\C/C=C\C/C=C\CCCCC(=O)NC(COP(=O)([O-])OCC[N+](C)(C)C)C(O)/C=C/CC/C=C/CC/C=C/CCCCCCCCC. The van der Waals surface area contributed by atoms with Crippen molar-refractivity contribution in [2.45, 2.75) is 154 Å². The number of rotatable bonds is 36. The molecule has 0 radical (unpaired) electrons. The second kappa shape index (κ2) is 36.3. The van der Waals surface area contributed by atoms with Crippen LogP contribution in [0.25, 0.3) is 0 Å². The lowest BCUT2D eigenvalue weighted by molar-refractivity contribution is -0.870. The zero-order valence-corrected chi connectivity index (χ0v) is 35.8. The molecule has 0 spiro atoms. The Morgan fingerprint density at radius 2 is 1.15 bits per heavy atom. The molecular formula is C45H79N2O6P. The summed E-state index contributed by atoms with van der Waals surface area (Å²) in [5.74, 6) is -0.257. The molecule has 0 heterocycles. The number of amides is 1. The summed E-state index contributed by atoms with van der Waals surface area (Å²) < 4.78 is 23.1. The predicted molar refractivity (Wildman–Crippen MR) is 228 cm³/mol. The number of nitrogens with one attached hydrogen (secondary N) is 1. The van der Waals surface area contributed by atoms with Crippen LogP contribution in [0.5, 0.6) is 0 Å². The molecule has 0 fully saturated rings. The van der Waals surface area contributed by atoms with Crippen molar-refractivity contribution in [3.05, 3.63) is 85.1 Å². The van der Waals surface area contributed by atoms with Crippen molar-refractivity contribution >= 4 is 13.7 Å². The van der Waals surface area contributed by atoms with Crippen molar-refractivity contribution in [3.8, 4) is 0 Å². The van der Waals surface area contributed by atoms with E-state index in [0.717, 1.165) is 57.8 Å². The highest BCUT2D eigenvalue weighted by Gasteiger charge is 2.23. The van der Waals surface area contributed by atoms with Crippen molar-refractivity contribution in [2.75, 3.05) is 40.9 Å². The molecule has 0 rings (SSSR count). The lowest BCUT2D eigenvalue weighted by Crippen LogP contribution is -2.45. The quantitative estimate of drug-likeness (QED) is 0.0284. The Morgan fingerprint density at radius 1 is 0.667 bits per heavy atom. The first-order valence-electron chi connectivity index (χ1n) is 20.9. The second-order valence-electron chi connectivity index (χ2n) is 14.9. The van der Waals surface area contributed by atoms with Crippen LogP contribution in [0.15, 0.2) is 85.1 Å². The fraction of sp³-hybridized carbons (Fsp3) is 0.667. The van der Waals surface area contributed by atoms with Crippen LogP contribution < -0.4 is 10.2 Å². The monoisotopic (exact) mass is 775 g/mol. The molecule has 0 aromatic carbocycles. The highest BCUT2D eigenvalue weighted by atomic mass is 31.2. The highest BCUT2D eigenvalue weighted by Crippen LogP contribution is 2.38. The van der Waals surface area contributed by atoms with Crippen LogP contribution in [0.1, 0.15) is 142 Å². The number of carbonyl (C=O) groups excluding carboxylic acids is 1. The van der Waals surface area contributed by atoms with Gasteiger partial charge in [0.25, 0.3) is 7.82 Å². The average Bonchev–Trinajstić information content (AvgIpc) is 3.12. The van der Waals surface area contributed by atoms with Crippen LogP contribution in [-0.4, -0.2) is 68.5 Å². The molecule has 8 nitrogen and oxygen atoms in total. The second-order valence-corrected chi connectivity index (χ2v) is 16.3. The number of aliphatic hydroxyl groups excluding tert-OH is 1. The van der Waals surface area contributed by atoms with E-state index in [1.54, 1.807) is 6.08 Å². The van der Waals surface area contributed by atoms with Crippen molar-refractivity contribution in [3.63, 3.8) is 0 Å². The minimum absolute atomic E-state index is 0.0217. The molecule has 0 bridgehead atoms. The standard InChI is InChI=1S/C45H79N2O6P/c1-6-8-10-12-14-16-18-20-22-23-25-26-28-30-32-34-36-38-44(48)43(42-53-54(50,51)52-41-40-47(3,4)5)46-45(49)39-37-35-33-31-29-27-24-21-19-17-15-13-11-9-7-2/h9,11,15,17,21-24,28-31,36,38,43-44,48H,6-8,10,12-14,16,18-20,25-27,32-35,37,39-42H2,1-5H3,(H-,46,49,50,51)/b11-9-,17-15-,23-22+,24-21-,30-28+,31-29-,38-36+. The Bertz CT molecular complexity index is 1150. The number of likely N-dealkylation sites (N-methyl/N-ethyl adjacent to an activating group) is 1. The third-order valence-corrected chi connectivity index (χ3v) is 9.53. The van der Waals surface area contributed by atoms with Gasteiger partial charge in [0.15, 0.2) is 0 Å². The maximum atomic E-state index is 12.8. The highest BCUT2D eigenvalue weighted by molar-refractivity contribution is 7.45. The van der Waals surface area contributed by atoms with Crippen LogP contribution in [0.4, 0.5) is 0 Å². The molecule has 3 unspecified atom stereocenters. The van der Waals surface area contributed by atoms with Crippen LogP contribution >= 0.6 is 7.82 Å². The van der Waals surface area contributed by atoms with Gasteiger partial charge in [-0.15, -0.1) is 0 Å². The topological polar surface area (TPSA) is 108 Å². The Morgan fingerprint density at radius 3 is 1.72 bits per heavy atom. The molecule has 0 aliphatic heterocycles. The number of carbonyl (C=O) groups is 1. The summed E-state index contributed by atoms with van der Waals surface area (Å²) in [5.41, 5.74) is 0. The van der Waals surface area contributed by atoms with Crippen molar-refractivity contribution in [1.29, 1.82) is 0 Å². The van der Waals surface area contributed by atoms with E-state index in [9.17, 15) is 19.4 Å². The maximum Gasteiger partial charge on any atom is 0.268 e. The fourth-order valence-corrected chi connectivity index (χ4v) is 5.95. The molecule has 9 heteroatoms. The van der Waals surface area contributed by atoms with E-state index in [1.165, 1.54) is 51.4 Å². The van der Waals surface area contributed by atoms with Crippen LogP contribution in [0, 0.1) is 0 Å². The molecule has 0 aromatic rings. The van der Waals surface area contributed by atoms with Crippen LogP contribution in [-0.2, 0) is 18.4 Å². The lowest BCUT2D eigenvalue weighted by atomic mass is 10.1. The molecule has 54 heavy (non-hydrogen) atoms. The number of phosphoric acid groups is 1. The van der Waals surface area contributed by atoms with Gasteiger partial charge in [0.1, 0.15) is 13.2 Å². The first-order valence-corrected chi connectivity index (χ1v) is 22.4. The van der Waals surface area contributed by atoms with Gasteiger partial charge in [0.05, 0.1) is 39.9 Å². The number of hydrogen-bond donors (Lipinski definition) is 2. The van der Waals surface area contributed by atoms with E-state index in [4.69, 9.17) is 9.05 Å². The first kappa shape index (κ1) is 51.7. The molecule has 0 saturated heterocycles. The van der Waals surface area contributed by atoms with Gasteiger partial charge in [-0.3, -0.25) is 9.36 Å². The van der Waals surface area contributed by atoms with Gasteiger partial charge in [-0.05, 0) is 83.5 Å². The Labute approximate surface area is 331 Å². The Hall–Kier alpha value is -2.32. The van der Waals surface area contributed by atoms with Crippen molar-refractivity contribution in [2.24, 2.45) is 0 Å². The third-order valence-electron chi connectivity index (χ3n) is 8.57. The summed E-state index contributed by atoms with van der Waals surface area (Å²) in [6.07, 6.45) is 49.2. The summed E-state index contributed by atoms with van der Waals surface area (Å²) in [5, 5.41) is 13.7. The van der Waals surface area contributed by atoms with E-state index >= 15 is 0 Å². The summed E-state index contributed by atoms with van der Waals surface area (Å²) in [7, 11) is 1.19. The zero-order valence-electron chi connectivity index (χ0n) is 34.9. The normalized spacial score (nSPS) is 15.3. The van der Waals surface area contributed by atoms with E-state index in [-0.39, 0.29) is 18.9 Å². The minimum Gasteiger partial charge on any atom is -0.756 e. The number of quaternary nitrogens is 1. The number of unbranched alkanes of at least 4 members (excludes halogenated alkanes) is 11. The molecule has 0 aromatic heterocycles. The van der Waals surface area contributed by atoms with E-state index in [1.807, 2.05) is 27.2 Å². The fourth-order valence-electron chi connectivity index (χ4n) is 5.23. The van der Waals surface area contributed by atoms with Crippen LogP contribution in [0.3, 0.4) is 0 Å². The number of hydrogen-bond acceptors (Lipinski definition) is 6. The lowest BCUT2D eigenvalue weighted by Gasteiger charge is -2.29. The number of allylic oxidation sites excluding steroid dienone is 13. The van der Waals surface area contributed by atoms with Crippen molar-refractivity contribution in [1.82, 2.24) is 5.32 Å². The van der Waals surface area contributed by atoms with E-state index in [0.29, 0.717) is 23.9 Å². The molecule has 3 atom stereocenters. The predicted octanol–water partition coefficient (Wildman–Crippen LogP) is 10.8. The smallest absolute Gasteiger partial charge is 0.268 e. The number of phosphoric ester groups is 1. The Kier molecular flexibility index (Phi) is 34.8. The number of aliphatic hydroxyl groups is 1. The minimum atomic E-state index is -4.61. The average molecular weight is 775 g/mol. The van der Waals surface area contributed by atoms with Crippen LogP contribution in [0.2, 0.25) is 0 Å². The summed E-state index contributed by atoms with van der Waals surface area (Å²) >= 11 is 0. The molecule has 0 saturated carbocycles. The van der Waals surface area contributed by atoms with Gasteiger partial charge in [-0.1, -0.05) is 137 Å². The molecule has 0 aliphatic rings. The largest absolute Gasteiger partial charge is 0.756 e. The van der Waals surface area contributed by atoms with Crippen molar-refractivity contribution < 1.29 is 32.9 Å². The van der Waals surface area contributed by atoms with Gasteiger partial charge in [0.2, 0.25) is 5.91 Å². The number of nitrogens with zero attached hydrogens (tertiary/aromatic N) is 1.